The third-order valence-electron chi connectivity index (χ3n) is 6.53. The molecule has 2 aliphatic heterocycles. The first kappa shape index (κ1) is 22.3. The fourth-order valence-corrected chi connectivity index (χ4v) is 5.76. The minimum absolute atomic E-state index is 0.0686. The number of guanidine groups is 1. The Balaban J connectivity index is 1.40. The van der Waals surface area contributed by atoms with Crippen molar-refractivity contribution in [2.24, 2.45) is 16.5 Å². The van der Waals surface area contributed by atoms with Crippen molar-refractivity contribution in [3.8, 4) is 12.3 Å². The summed E-state index contributed by atoms with van der Waals surface area (Å²) in [4.78, 5) is 25.5. The van der Waals surface area contributed by atoms with Gasteiger partial charge in [0.25, 0.3) is 0 Å². The van der Waals surface area contributed by atoms with E-state index in [1.54, 1.807) is 12.4 Å². The van der Waals surface area contributed by atoms with Gasteiger partial charge in [0.1, 0.15) is 10.7 Å². The maximum Gasteiger partial charge on any atom is 0.227 e. The van der Waals surface area contributed by atoms with Crippen LogP contribution in [-0.2, 0) is 17.2 Å². The number of aryl methyl sites for hydroxylation is 1. The van der Waals surface area contributed by atoms with Crippen molar-refractivity contribution in [3.63, 3.8) is 0 Å². The molecular formula is C23H27N9OS. The molecule has 5 rings (SSSR count). The van der Waals surface area contributed by atoms with Gasteiger partial charge in [-0.2, -0.15) is 4.98 Å². The molecule has 34 heavy (non-hydrogen) atoms. The number of hydrogen-bond donors (Lipinski definition) is 3. The molecule has 0 unspecified atom stereocenters. The van der Waals surface area contributed by atoms with Gasteiger partial charge in [-0.15, -0.1) is 6.42 Å². The number of anilines is 2. The Bertz CT molecular complexity index is 1220. The van der Waals surface area contributed by atoms with Gasteiger partial charge in [-0.3, -0.25) is 9.20 Å². The molecule has 0 spiro atoms. The molecule has 1 fully saturated rings. The number of aromatic nitrogens is 4. The van der Waals surface area contributed by atoms with Gasteiger partial charge in [0.2, 0.25) is 5.95 Å². The fourth-order valence-electron chi connectivity index (χ4n) is 4.45. The molecule has 0 bridgehead atoms. The standard InChI is InChI=1S/C23H27N9OS/c1-2-15-12-26-19(27-13-15)16-4-9-32(10-5-16)22-29-17-6-11-34(33)18(17)20(30-22)31-23(7-3-8-23)14-28-21(24)25/h1,4,12-13H,3,5-11,14H2,(H4,24,25,28)(H,29,30,31)/t34-/m0/s1. The minimum Gasteiger partial charge on any atom is -0.370 e. The van der Waals surface area contributed by atoms with E-state index in [4.69, 9.17) is 27.9 Å². The van der Waals surface area contributed by atoms with Crippen LogP contribution in [0, 0.1) is 12.3 Å². The van der Waals surface area contributed by atoms with Crippen LogP contribution in [0.5, 0.6) is 0 Å². The van der Waals surface area contributed by atoms with E-state index in [9.17, 15) is 4.21 Å². The van der Waals surface area contributed by atoms with Crippen LogP contribution < -0.4 is 21.7 Å². The zero-order valence-electron chi connectivity index (χ0n) is 18.8. The predicted octanol–water partition coefficient (Wildman–Crippen LogP) is 0.813. The Morgan fingerprint density at radius 3 is 2.68 bits per heavy atom. The normalized spacial score (nSPS) is 20.5. The molecule has 10 nitrogen and oxygen atoms in total. The third kappa shape index (κ3) is 4.33. The van der Waals surface area contributed by atoms with Crippen LogP contribution in [0.25, 0.3) is 5.57 Å². The third-order valence-corrected chi connectivity index (χ3v) is 7.99. The summed E-state index contributed by atoms with van der Waals surface area (Å²) in [5, 5.41) is 3.56. The Morgan fingerprint density at radius 2 is 2.06 bits per heavy atom. The highest BCUT2D eigenvalue weighted by Crippen LogP contribution is 2.39. The van der Waals surface area contributed by atoms with Crippen molar-refractivity contribution in [1.82, 2.24) is 19.9 Å². The quantitative estimate of drug-likeness (QED) is 0.312. The van der Waals surface area contributed by atoms with Crippen LogP contribution in [-0.4, -0.2) is 61.0 Å². The number of aliphatic imine (C=N–C) groups is 1. The van der Waals surface area contributed by atoms with E-state index in [0.717, 1.165) is 48.4 Å². The Morgan fingerprint density at radius 1 is 1.26 bits per heavy atom. The lowest BCUT2D eigenvalue weighted by atomic mass is 9.76. The summed E-state index contributed by atoms with van der Waals surface area (Å²) in [5.41, 5.74) is 13.5. The van der Waals surface area contributed by atoms with Gasteiger partial charge in [-0.05, 0) is 31.3 Å². The smallest absolute Gasteiger partial charge is 0.227 e. The number of nitrogens with one attached hydrogen (secondary N) is 1. The molecule has 4 heterocycles. The van der Waals surface area contributed by atoms with Crippen LogP contribution in [0.1, 0.15) is 42.8 Å². The van der Waals surface area contributed by atoms with Gasteiger partial charge in [0, 0.05) is 37.7 Å². The van der Waals surface area contributed by atoms with Crippen molar-refractivity contribution in [2.75, 3.05) is 35.6 Å². The van der Waals surface area contributed by atoms with E-state index in [1.807, 2.05) is 0 Å². The monoisotopic (exact) mass is 477 g/mol. The topological polar surface area (TPSA) is 148 Å². The molecule has 1 aliphatic carbocycles. The van der Waals surface area contributed by atoms with Crippen molar-refractivity contribution in [3.05, 3.63) is 35.6 Å². The molecule has 0 radical (unpaired) electrons. The first-order chi connectivity index (χ1) is 16.5. The van der Waals surface area contributed by atoms with E-state index in [0.29, 0.717) is 48.4 Å². The largest absolute Gasteiger partial charge is 0.370 e. The summed E-state index contributed by atoms with van der Waals surface area (Å²) in [7, 11) is -1.12. The van der Waals surface area contributed by atoms with E-state index < -0.39 is 10.8 Å². The van der Waals surface area contributed by atoms with E-state index in [2.05, 4.69) is 37.2 Å². The Kier molecular flexibility index (Phi) is 5.91. The summed E-state index contributed by atoms with van der Waals surface area (Å²) >= 11 is 0. The molecule has 176 valence electrons. The van der Waals surface area contributed by atoms with Crippen molar-refractivity contribution >= 4 is 34.1 Å². The lowest BCUT2D eigenvalue weighted by molar-refractivity contribution is 0.286. The number of terminal acetylenes is 1. The first-order valence-electron chi connectivity index (χ1n) is 11.3. The van der Waals surface area contributed by atoms with Gasteiger partial charge in [-0.1, -0.05) is 12.0 Å². The van der Waals surface area contributed by atoms with Gasteiger partial charge in [-0.25, -0.2) is 15.0 Å². The van der Waals surface area contributed by atoms with Crippen molar-refractivity contribution < 1.29 is 4.21 Å². The summed E-state index contributed by atoms with van der Waals surface area (Å²) in [5.74, 6) is 5.14. The molecule has 0 aromatic carbocycles. The molecule has 1 saturated carbocycles. The molecule has 5 N–H and O–H groups in total. The number of rotatable bonds is 6. The van der Waals surface area contributed by atoms with Gasteiger partial charge in [0.05, 0.1) is 34.1 Å². The summed E-state index contributed by atoms with van der Waals surface area (Å²) < 4.78 is 12.8. The molecule has 2 aromatic rings. The number of fused-ring (bicyclic) bond motifs is 1. The second-order valence-corrected chi connectivity index (χ2v) is 10.3. The fraction of sp³-hybridized carbons (Fsp3) is 0.435. The highest BCUT2D eigenvalue weighted by molar-refractivity contribution is 7.85. The molecular weight excluding hydrogens is 450 g/mol. The molecule has 11 heteroatoms. The zero-order valence-corrected chi connectivity index (χ0v) is 19.6. The van der Waals surface area contributed by atoms with Crippen LogP contribution in [0.4, 0.5) is 11.8 Å². The van der Waals surface area contributed by atoms with E-state index in [1.165, 1.54) is 0 Å². The van der Waals surface area contributed by atoms with E-state index >= 15 is 0 Å². The van der Waals surface area contributed by atoms with Crippen molar-refractivity contribution in [2.45, 2.75) is 42.5 Å². The lowest BCUT2D eigenvalue weighted by Gasteiger charge is -2.42. The maximum absolute atomic E-state index is 12.8. The minimum atomic E-state index is -1.12. The Labute approximate surface area is 200 Å². The predicted molar refractivity (Wildman–Crippen MR) is 133 cm³/mol. The molecule has 3 aliphatic rings. The van der Waals surface area contributed by atoms with Gasteiger partial charge in [0.15, 0.2) is 11.8 Å². The summed E-state index contributed by atoms with van der Waals surface area (Å²) in [6, 6.07) is 0. The van der Waals surface area contributed by atoms with E-state index in [-0.39, 0.29) is 11.5 Å². The molecule has 2 aromatic heterocycles. The number of nitrogens with zero attached hydrogens (tertiary/aromatic N) is 6. The zero-order chi connectivity index (χ0) is 23.7. The van der Waals surface area contributed by atoms with Crippen LogP contribution in [0.15, 0.2) is 28.4 Å². The average molecular weight is 478 g/mol. The summed E-state index contributed by atoms with van der Waals surface area (Å²) in [6.07, 6.45) is 15.2. The average Bonchev–Trinajstić information content (AvgIpc) is 3.21. The molecule has 1 atom stereocenters. The second kappa shape index (κ2) is 9.02. The van der Waals surface area contributed by atoms with Gasteiger partial charge < -0.3 is 21.7 Å². The van der Waals surface area contributed by atoms with Gasteiger partial charge >= 0.3 is 0 Å². The van der Waals surface area contributed by atoms with Crippen LogP contribution in [0.2, 0.25) is 0 Å². The van der Waals surface area contributed by atoms with Crippen LogP contribution in [0.3, 0.4) is 0 Å². The summed E-state index contributed by atoms with van der Waals surface area (Å²) in [6.45, 7) is 1.83. The lowest BCUT2D eigenvalue weighted by Crippen LogP contribution is -2.49. The SMILES string of the molecule is C#Cc1cnc(C2=CCN(c3nc4c(c(NC5(CN=C(N)N)CCC5)n3)[S@@](=O)CC4)CC2)nc1. The number of nitrogens with two attached hydrogens (primary N) is 2. The van der Waals surface area contributed by atoms with Crippen molar-refractivity contribution in [1.29, 1.82) is 0 Å². The number of hydrogen-bond acceptors (Lipinski definition) is 8. The second-order valence-electron chi connectivity index (χ2n) is 8.81. The highest BCUT2D eigenvalue weighted by atomic mass is 32.2. The molecule has 0 saturated heterocycles. The Hall–Kier alpha value is -3.52. The highest BCUT2D eigenvalue weighted by Gasteiger charge is 2.39. The molecule has 0 amide bonds. The first-order valence-corrected chi connectivity index (χ1v) is 12.6. The maximum atomic E-state index is 12.8. The van der Waals surface area contributed by atoms with Crippen LogP contribution >= 0.6 is 0 Å².